The molecule has 3 aromatic rings. The van der Waals surface area contributed by atoms with E-state index < -0.39 is 10.0 Å². The first-order chi connectivity index (χ1) is 12.9. The molecule has 1 aromatic heterocycles. The van der Waals surface area contributed by atoms with Crippen molar-refractivity contribution in [3.05, 3.63) is 59.1 Å². The zero-order valence-corrected chi connectivity index (χ0v) is 16.5. The van der Waals surface area contributed by atoms with Crippen LogP contribution in [0.3, 0.4) is 0 Å². The van der Waals surface area contributed by atoms with Crippen molar-refractivity contribution in [3.8, 4) is 0 Å². The lowest BCUT2D eigenvalue weighted by molar-refractivity contribution is 0.477. The largest absolute Gasteiger partial charge is 0.339 e. The Morgan fingerprint density at radius 1 is 1.04 bits per heavy atom. The molecule has 0 radical (unpaired) electrons. The van der Waals surface area contributed by atoms with Crippen molar-refractivity contribution in [2.75, 3.05) is 18.4 Å². The van der Waals surface area contributed by atoms with Gasteiger partial charge in [-0.3, -0.25) is 0 Å². The van der Waals surface area contributed by atoms with Crippen molar-refractivity contribution < 1.29 is 8.42 Å². The van der Waals surface area contributed by atoms with E-state index in [-0.39, 0.29) is 0 Å². The standard InChI is InChI=1S/C20H20ClN3O2S/c1-14-4-7-19(17(21)12-14)23-20-9-5-15-13-16(6-8-18(15)22-20)27(25,26)24-10-2-3-11-24/h4-9,12-13H,2-3,10-11H2,1H3,(H,22,23). The van der Waals surface area contributed by atoms with Crippen LogP contribution < -0.4 is 5.32 Å². The van der Waals surface area contributed by atoms with Gasteiger partial charge in [0.25, 0.3) is 0 Å². The summed E-state index contributed by atoms with van der Waals surface area (Å²) in [5.41, 5.74) is 2.59. The van der Waals surface area contributed by atoms with Gasteiger partial charge in [0.05, 0.1) is 21.1 Å². The molecule has 0 aliphatic carbocycles. The summed E-state index contributed by atoms with van der Waals surface area (Å²) in [5, 5.41) is 4.63. The number of aromatic nitrogens is 1. The summed E-state index contributed by atoms with van der Waals surface area (Å²) in [7, 11) is -3.43. The summed E-state index contributed by atoms with van der Waals surface area (Å²) in [5.74, 6) is 0.656. The molecule has 1 aliphatic rings. The molecular formula is C20H20ClN3O2S. The summed E-state index contributed by atoms with van der Waals surface area (Å²) in [6.07, 6.45) is 1.84. The molecule has 0 saturated carbocycles. The molecule has 2 heterocycles. The SMILES string of the molecule is Cc1ccc(Nc2ccc3cc(S(=O)(=O)N4CCCC4)ccc3n2)c(Cl)c1. The number of hydrogen-bond donors (Lipinski definition) is 1. The van der Waals surface area contributed by atoms with Gasteiger partial charge in [0.15, 0.2) is 0 Å². The Morgan fingerprint density at radius 3 is 2.56 bits per heavy atom. The van der Waals surface area contributed by atoms with Crippen molar-refractivity contribution >= 4 is 44.0 Å². The lowest BCUT2D eigenvalue weighted by Gasteiger charge is -2.16. The van der Waals surface area contributed by atoms with E-state index in [1.807, 2.05) is 37.3 Å². The smallest absolute Gasteiger partial charge is 0.243 e. The minimum atomic E-state index is -3.43. The van der Waals surface area contributed by atoms with Crippen LogP contribution in [0.2, 0.25) is 5.02 Å². The predicted octanol–water partition coefficient (Wildman–Crippen LogP) is 4.72. The molecule has 0 spiro atoms. The van der Waals surface area contributed by atoms with Crippen LogP contribution in [0.15, 0.2) is 53.4 Å². The molecule has 27 heavy (non-hydrogen) atoms. The highest BCUT2D eigenvalue weighted by Gasteiger charge is 2.27. The van der Waals surface area contributed by atoms with Gasteiger partial charge in [-0.15, -0.1) is 0 Å². The van der Waals surface area contributed by atoms with Gasteiger partial charge < -0.3 is 5.32 Å². The van der Waals surface area contributed by atoms with E-state index >= 15 is 0 Å². The predicted molar refractivity (Wildman–Crippen MR) is 109 cm³/mol. The first-order valence-electron chi connectivity index (χ1n) is 8.88. The minimum Gasteiger partial charge on any atom is -0.339 e. The summed E-state index contributed by atoms with van der Waals surface area (Å²) in [4.78, 5) is 4.90. The number of anilines is 2. The summed E-state index contributed by atoms with van der Waals surface area (Å²) >= 11 is 6.27. The molecule has 0 bridgehead atoms. The Balaban J connectivity index is 1.64. The number of pyridine rings is 1. The van der Waals surface area contributed by atoms with Crippen molar-refractivity contribution in [2.45, 2.75) is 24.7 Å². The maximum absolute atomic E-state index is 12.7. The van der Waals surface area contributed by atoms with Crippen LogP contribution in [-0.2, 0) is 10.0 Å². The minimum absolute atomic E-state index is 0.320. The van der Waals surface area contributed by atoms with Crippen molar-refractivity contribution in [3.63, 3.8) is 0 Å². The summed E-state index contributed by atoms with van der Waals surface area (Å²) in [6.45, 7) is 3.18. The molecule has 1 saturated heterocycles. The highest BCUT2D eigenvalue weighted by Crippen LogP contribution is 2.28. The second-order valence-electron chi connectivity index (χ2n) is 6.77. The Hall–Kier alpha value is -2.15. The molecule has 0 unspecified atom stereocenters. The molecular weight excluding hydrogens is 382 g/mol. The Kier molecular flexibility index (Phi) is 4.80. The Bertz CT molecular complexity index is 1110. The monoisotopic (exact) mass is 401 g/mol. The lowest BCUT2D eigenvalue weighted by atomic mass is 10.2. The number of fused-ring (bicyclic) bond motifs is 1. The van der Waals surface area contributed by atoms with Gasteiger partial charge in [-0.1, -0.05) is 17.7 Å². The van der Waals surface area contributed by atoms with E-state index in [2.05, 4.69) is 10.3 Å². The van der Waals surface area contributed by atoms with Crippen LogP contribution in [0.25, 0.3) is 10.9 Å². The van der Waals surface area contributed by atoms with Crippen LogP contribution >= 0.6 is 11.6 Å². The third kappa shape index (κ3) is 3.65. The van der Waals surface area contributed by atoms with Gasteiger partial charge in [0.1, 0.15) is 5.82 Å². The number of sulfonamides is 1. The Morgan fingerprint density at radius 2 is 1.81 bits per heavy atom. The topological polar surface area (TPSA) is 62.3 Å². The van der Waals surface area contributed by atoms with E-state index in [0.717, 1.165) is 35.0 Å². The average Bonchev–Trinajstić information content (AvgIpc) is 3.19. The molecule has 140 valence electrons. The van der Waals surface area contributed by atoms with Crippen LogP contribution in [0.4, 0.5) is 11.5 Å². The zero-order chi connectivity index (χ0) is 19.0. The van der Waals surface area contributed by atoms with Gasteiger partial charge in [-0.05, 0) is 67.8 Å². The van der Waals surface area contributed by atoms with Gasteiger partial charge in [0, 0.05) is 18.5 Å². The van der Waals surface area contributed by atoms with Gasteiger partial charge in [0.2, 0.25) is 10.0 Å². The molecule has 1 aliphatic heterocycles. The van der Waals surface area contributed by atoms with E-state index in [1.165, 1.54) is 0 Å². The number of rotatable bonds is 4. The van der Waals surface area contributed by atoms with Crippen LogP contribution in [-0.4, -0.2) is 30.8 Å². The Labute approximate surface area is 164 Å². The normalized spacial score (nSPS) is 15.3. The average molecular weight is 402 g/mol. The van der Waals surface area contributed by atoms with E-state index in [9.17, 15) is 8.42 Å². The maximum Gasteiger partial charge on any atom is 0.243 e. The molecule has 1 N–H and O–H groups in total. The maximum atomic E-state index is 12.7. The fraction of sp³-hybridized carbons (Fsp3) is 0.250. The number of nitrogens with zero attached hydrogens (tertiary/aromatic N) is 2. The zero-order valence-electron chi connectivity index (χ0n) is 14.9. The highest BCUT2D eigenvalue weighted by atomic mass is 35.5. The van der Waals surface area contributed by atoms with Gasteiger partial charge in [-0.2, -0.15) is 4.31 Å². The first kappa shape index (κ1) is 18.2. The van der Waals surface area contributed by atoms with E-state index in [1.54, 1.807) is 22.5 Å². The fourth-order valence-corrected chi connectivity index (χ4v) is 5.11. The van der Waals surface area contributed by atoms with E-state index in [4.69, 9.17) is 11.6 Å². The summed E-state index contributed by atoms with van der Waals surface area (Å²) in [6, 6.07) is 14.5. The van der Waals surface area contributed by atoms with Crippen molar-refractivity contribution in [1.82, 2.24) is 9.29 Å². The second kappa shape index (κ2) is 7.11. The third-order valence-electron chi connectivity index (χ3n) is 4.75. The molecule has 5 nitrogen and oxygen atoms in total. The fourth-order valence-electron chi connectivity index (χ4n) is 3.27. The van der Waals surface area contributed by atoms with Crippen LogP contribution in [0.1, 0.15) is 18.4 Å². The molecule has 2 aromatic carbocycles. The van der Waals surface area contributed by atoms with Crippen LogP contribution in [0, 0.1) is 6.92 Å². The molecule has 0 atom stereocenters. The number of aryl methyl sites for hydroxylation is 1. The molecule has 4 rings (SSSR count). The quantitative estimate of drug-likeness (QED) is 0.686. The van der Waals surface area contributed by atoms with Crippen molar-refractivity contribution in [2.24, 2.45) is 0 Å². The number of halogens is 1. The van der Waals surface area contributed by atoms with Gasteiger partial charge >= 0.3 is 0 Å². The number of nitrogens with one attached hydrogen (secondary N) is 1. The van der Waals surface area contributed by atoms with E-state index in [0.29, 0.717) is 28.8 Å². The first-order valence-corrected chi connectivity index (χ1v) is 10.7. The molecule has 7 heteroatoms. The number of benzene rings is 2. The lowest BCUT2D eigenvalue weighted by Crippen LogP contribution is -2.27. The number of hydrogen-bond acceptors (Lipinski definition) is 4. The summed E-state index contributed by atoms with van der Waals surface area (Å²) < 4.78 is 27.0. The van der Waals surface area contributed by atoms with Crippen molar-refractivity contribution in [1.29, 1.82) is 0 Å². The third-order valence-corrected chi connectivity index (χ3v) is 6.96. The highest BCUT2D eigenvalue weighted by molar-refractivity contribution is 7.89. The molecule has 0 amide bonds. The second-order valence-corrected chi connectivity index (χ2v) is 9.12. The molecule has 1 fully saturated rings. The van der Waals surface area contributed by atoms with Crippen LogP contribution in [0.5, 0.6) is 0 Å². The van der Waals surface area contributed by atoms with Gasteiger partial charge in [-0.25, -0.2) is 13.4 Å².